The van der Waals surface area contributed by atoms with Crippen LogP contribution in [-0.4, -0.2) is 33.4 Å². The van der Waals surface area contributed by atoms with E-state index in [4.69, 9.17) is 10.5 Å². The van der Waals surface area contributed by atoms with Gasteiger partial charge >= 0.3 is 0 Å². The van der Waals surface area contributed by atoms with Gasteiger partial charge in [-0.15, -0.1) is 0 Å². The standard InChI is InChI=1S/C15H23BrN2O/c1-18(8-9-19-11-13-2-3-13)15-5-4-12(6-7-17)10-14(15)16/h4-5,10,13H,2-3,6-9,11,17H2,1H3. The highest BCUT2D eigenvalue weighted by Crippen LogP contribution is 2.29. The van der Waals surface area contributed by atoms with Crippen LogP contribution in [0.5, 0.6) is 0 Å². The van der Waals surface area contributed by atoms with Gasteiger partial charge < -0.3 is 15.4 Å². The number of hydrogen-bond donors (Lipinski definition) is 1. The highest BCUT2D eigenvalue weighted by molar-refractivity contribution is 9.10. The van der Waals surface area contributed by atoms with Crippen molar-refractivity contribution in [3.8, 4) is 0 Å². The average Bonchev–Trinajstić information content (AvgIpc) is 3.19. The molecule has 1 aromatic rings. The van der Waals surface area contributed by atoms with Crippen LogP contribution < -0.4 is 10.6 Å². The second kappa shape index (κ2) is 7.27. The summed E-state index contributed by atoms with van der Waals surface area (Å²) in [4.78, 5) is 2.23. The molecule has 4 heteroatoms. The zero-order valence-corrected chi connectivity index (χ0v) is 13.2. The minimum Gasteiger partial charge on any atom is -0.379 e. The molecule has 1 aliphatic rings. The largest absolute Gasteiger partial charge is 0.379 e. The monoisotopic (exact) mass is 326 g/mol. The Morgan fingerprint density at radius 3 is 2.84 bits per heavy atom. The molecule has 0 aromatic heterocycles. The van der Waals surface area contributed by atoms with Crippen LogP contribution in [0.25, 0.3) is 0 Å². The molecule has 19 heavy (non-hydrogen) atoms. The maximum Gasteiger partial charge on any atom is 0.0641 e. The van der Waals surface area contributed by atoms with E-state index in [1.807, 2.05) is 0 Å². The third-order valence-electron chi connectivity index (χ3n) is 3.48. The van der Waals surface area contributed by atoms with E-state index < -0.39 is 0 Å². The van der Waals surface area contributed by atoms with Crippen molar-refractivity contribution in [3.05, 3.63) is 28.2 Å². The Morgan fingerprint density at radius 1 is 1.42 bits per heavy atom. The van der Waals surface area contributed by atoms with Crippen molar-refractivity contribution < 1.29 is 4.74 Å². The fourth-order valence-electron chi connectivity index (χ4n) is 2.04. The summed E-state index contributed by atoms with van der Waals surface area (Å²) in [6.07, 6.45) is 3.63. The summed E-state index contributed by atoms with van der Waals surface area (Å²) in [7, 11) is 2.10. The van der Waals surface area contributed by atoms with Crippen LogP contribution in [0, 0.1) is 5.92 Å². The van der Waals surface area contributed by atoms with Gasteiger partial charge in [0.15, 0.2) is 0 Å². The number of likely N-dealkylation sites (N-methyl/N-ethyl adjacent to an activating group) is 1. The molecule has 0 amide bonds. The molecule has 0 bridgehead atoms. The normalized spacial score (nSPS) is 14.7. The molecule has 0 spiro atoms. The van der Waals surface area contributed by atoms with Crippen molar-refractivity contribution in [2.24, 2.45) is 11.7 Å². The molecule has 0 saturated heterocycles. The summed E-state index contributed by atoms with van der Waals surface area (Å²) in [6.45, 7) is 3.34. The van der Waals surface area contributed by atoms with Crippen LogP contribution in [0.2, 0.25) is 0 Å². The number of anilines is 1. The highest BCUT2D eigenvalue weighted by Gasteiger charge is 2.21. The minimum absolute atomic E-state index is 0.691. The lowest BCUT2D eigenvalue weighted by atomic mass is 10.1. The lowest BCUT2D eigenvalue weighted by Crippen LogP contribution is -2.23. The fourth-order valence-corrected chi connectivity index (χ4v) is 2.77. The summed E-state index contributed by atoms with van der Waals surface area (Å²) < 4.78 is 6.81. The van der Waals surface area contributed by atoms with Crippen molar-refractivity contribution in [1.29, 1.82) is 0 Å². The van der Waals surface area contributed by atoms with E-state index in [9.17, 15) is 0 Å². The first kappa shape index (κ1) is 14.8. The summed E-state index contributed by atoms with van der Waals surface area (Å²) in [6, 6.07) is 6.45. The number of nitrogens with two attached hydrogens (primary N) is 1. The van der Waals surface area contributed by atoms with Gasteiger partial charge in [-0.3, -0.25) is 0 Å². The van der Waals surface area contributed by atoms with E-state index in [1.165, 1.54) is 24.1 Å². The Balaban J connectivity index is 1.81. The van der Waals surface area contributed by atoms with Crippen LogP contribution >= 0.6 is 15.9 Å². The molecule has 1 aromatic carbocycles. The third-order valence-corrected chi connectivity index (χ3v) is 4.11. The lowest BCUT2D eigenvalue weighted by Gasteiger charge is -2.21. The van der Waals surface area contributed by atoms with Gasteiger partial charge in [0, 0.05) is 24.7 Å². The number of halogens is 1. The van der Waals surface area contributed by atoms with Gasteiger partial charge in [-0.1, -0.05) is 6.07 Å². The quantitative estimate of drug-likeness (QED) is 0.746. The first-order chi connectivity index (χ1) is 9.20. The van der Waals surface area contributed by atoms with Crippen molar-refractivity contribution in [2.75, 3.05) is 38.3 Å². The van der Waals surface area contributed by atoms with Crippen LogP contribution in [0.15, 0.2) is 22.7 Å². The molecular weight excluding hydrogens is 304 g/mol. The number of nitrogens with zero attached hydrogens (tertiary/aromatic N) is 1. The van der Waals surface area contributed by atoms with Crippen LogP contribution in [-0.2, 0) is 11.2 Å². The smallest absolute Gasteiger partial charge is 0.0641 e. The van der Waals surface area contributed by atoms with E-state index >= 15 is 0 Å². The van der Waals surface area contributed by atoms with Crippen molar-refractivity contribution in [1.82, 2.24) is 0 Å². The fraction of sp³-hybridized carbons (Fsp3) is 0.600. The first-order valence-corrected chi connectivity index (χ1v) is 7.77. The second-order valence-corrected chi connectivity index (χ2v) is 6.12. The van der Waals surface area contributed by atoms with Crippen molar-refractivity contribution in [2.45, 2.75) is 19.3 Å². The molecule has 3 nitrogen and oxygen atoms in total. The van der Waals surface area contributed by atoms with Gasteiger partial charge in [0.05, 0.1) is 12.3 Å². The predicted molar refractivity (Wildman–Crippen MR) is 83.7 cm³/mol. The van der Waals surface area contributed by atoms with E-state index in [2.05, 4.69) is 46.1 Å². The number of rotatable bonds is 8. The highest BCUT2D eigenvalue weighted by atomic mass is 79.9. The van der Waals surface area contributed by atoms with Gasteiger partial charge in [-0.2, -0.15) is 0 Å². The Labute approximate surface area is 124 Å². The summed E-state index contributed by atoms with van der Waals surface area (Å²) >= 11 is 3.64. The minimum atomic E-state index is 0.691. The molecular formula is C15H23BrN2O. The number of hydrogen-bond acceptors (Lipinski definition) is 3. The predicted octanol–water partition coefficient (Wildman–Crippen LogP) is 2.81. The molecule has 2 rings (SSSR count). The second-order valence-electron chi connectivity index (χ2n) is 5.26. The molecule has 1 fully saturated rings. The Bertz CT molecular complexity index is 407. The van der Waals surface area contributed by atoms with Gasteiger partial charge in [-0.25, -0.2) is 0 Å². The lowest BCUT2D eigenvalue weighted by molar-refractivity contribution is 0.131. The summed E-state index contributed by atoms with van der Waals surface area (Å²) in [5.74, 6) is 0.840. The van der Waals surface area contributed by atoms with Crippen LogP contribution in [0.1, 0.15) is 18.4 Å². The maximum absolute atomic E-state index is 5.68. The third kappa shape index (κ3) is 4.79. The summed E-state index contributed by atoms with van der Waals surface area (Å²) in [5, 5.41) is 0. The van der Waals surface area contributed by atoms with Gasteiger partial charge in [-0.05, 0) is 65.4 Å². The Hall–Kier alpha value is -0.580. The van der Waals surface area contributed by atoms with Gasteiger partial charge in [0.25, 0.3) is 0 Å². The SMILES string of the molecule is CN(CCOCC1CC1)c1ccc(CCN)cc1Br. The van der Waals surface area contributed by atoms with Crippen molar-refractivity contribution in [3.63, 3.8) is 0 Å². The zero-order chi connectivity index (χ0) is 13.7. The molecule has 0 heterocycles. The Morgan fingerprint density at radius 2 is 2.21 bits per heavy atom. The first-order valence-electron chi connectivity index (χ1n) is 6.98. The molecule has 1 aliphatic carbocycles. The van der Waals surface area contributed by atoms with Gasteiger partial charge in [0.2, 0.25) is 0 Å². The average molecular weight is 327 g/mol. The molecule has 106 valence electrons. The molecule has 0 unspecified atom stereocenters. The van der Waals surface area contributed by atoms with Crippen LogP contribution in [0.3, 0.4) is 0 Å². The molecule has 2 N–H and O–H groups in total. The maximum atomic E-state index is 5.68. The molecule has 1 saturated carbocycles. The van der Waals surface area contributed by atoms with E-state index in [0.717, 1.165) is 36.6 Å². The van der Waals surface area contributed by atoms with E-state index in [-0.39, 0.29) is 0 Å². The molecule has 0 atom stereocenters. The van der Waals surface area contributed by atoms with Crippen LogP contribution in [0.4, 0.5) is 5.69 Å². The molecule has 0 aliphatic heterocycles. The number of benzene rings is 1. The van der Waals surface area contributed by atoms with Gasteiger partial charge in [0.1, 0.15) is 0 Å². The summed E-state index contributed by atoms with van der Waals surface area (Å²) in [5.41, 5.74) is 8.06. The zero-order valence-electron chi connectivity index (χ0n) is 11.6. The molecule has 0 radical (unpaired) electrons. The Kier molecular flexibility index (Phi) is 5.67. The topological polar surface area (TPSA) is 38.5 Å². The number of ether oxygens (including phenoxy) is 1. The van der Waals surface area contributed by atoms with E-state index in [0.29, 0.717) is 6.54 Å². The van der Waals surface area contributed by atoms with E-state index in [1.54, 1.807) is 0 Å². The van der Waals surface area contributed by atoms with Crippen molar-refractivity contribution >= 4 is 21.6 Å².